The van der Waals surface area contributed by atoms with Gasteiger partial charge in [-0.15, -0.1) is 0 Å². The SMILES string of the molecule is CCC(Oc1cncc(Cl)c1)C(N)=O. The van der Waals surface area contributed by atoms with Crippen LogP contribution in [0.1, 0.15) is 13.3 Å². The molecule has 1 aromatic rings. The van der Waals surface area contributed by atoms with Crippen LogP contribution in [0.4, 0.5) is 0 Å². The predicted octanol–water partition coefficient (Wildman–Crippen LogP) is 1.38. The lowest BCUT2D eigenvalue weighted by molar-refractivity contribution is -0.124. The zero-order chi connectivity index (χ0) is 10.6. The van der Waals surface area contributed by atoms with Crippen LogP contribution in [0, 0.1) is 0 Å². The number of amides is 1. The van der Waals surface area contributed by atoms with Gasteiger partial charge in [-0.25, -0.2) is 0 Å². The second kappa shape index (κ2) is 4.81. The molecule has 1 unspecified atom stereocenters. The molecule has 0 radical (unpaired) electrons. The minimum absolute atomic E-state index is 0.447. The summed E-state index contributed by atoms with van der Waals surface area (Å²) >= 11 is 5.69. The molecule has 0 spiro atoms. The number of carbonyl (C=O) groups is 1. The van der Waals surface area contributed by atoms with Crippen molar-refractivity contribution in [2.45, 2.75) is 19.4 Å². The van der Waals surface area contributed by atoms with E-state index in [0.717, 1.165) is 0 Å². The van der Waals surface area contributed by atoms with Crippen LogP contribution in [0.25, 0.3) is 0 Å². The molecule has 2 N–H and O–H groups in total. The minimum atomic E-state index is -0.629. The number of halogens is 1. The Morgan fingerprint density at radius 3 is 2.93 bits per heavy atom. The molecule has 1 atom stereocenters. The predicted molar refractivity (Wildman–Crippen MR) is 53.1 cm³/mol. The molecular weight excluding hydrogens is 204 g/mol. The van der Waals surface area contributed by atoms with E-state index >= 15 is 0 Å². The quantitative estimate of drug-likeness (QED) is 0.824. The lowest BCUT2D eigenvalue weighted by Crippen LogP contribution is -2.32. The van der Waals surface area contributed by atoms with E-state index < -0.39 is 12.0 Å². The number of ether oxygens (including phenoxy) is 1. The Kier molecular flexibility index (Phi) is 3.71. The highest BCUT2D eigenvalue weighted by molar-refractivity contribution is 6.30. The first kappa shape index (κ1) is 10.8. The van der Waals surface area contributed by atoms with Crippen molar-refractivity contribution in [3.8, 4) is 5.75 Å². The van der Waals surface area contributed by atoms with E-state index in [1.54, 1.807) is 6.07 Å². The summed E-state index contributed by atoms with van der Waals surface area (Å²) in [5, 5.41) is 0.460. The van der Waals surface area contributed by atoms with Crippen LogP contribution in [0.3, 0.4) is 0 Å². The second-order valence-electron chi connectivity index (χ2n) is 2.76. The molecule has 0 bridgehead atoms. The average molecular weight is 215 g/mol. The minimum Gasteiger partial charge on any atom is -0.479 e. The van der Waals surface area contributed by atoms with Gasteiger partial charge in [0, 0.05) is 12.3 Å². The lowest BCUT2D eigenvalue weighted by Gasteiger charge is -2.13. The summed E-state index contributed by atoms with van der Waals surface area (Å²) in [5.74, 6) is -0.0457. The van der Waals surface area contributed by atoms with Gasteiger partial charge in [0.2, 0.25) is 0 Å². The molecule has 5 heteroatoms. The van der Waals surface area contributed by atoms with Crippen molar-refractivity contribution >= 4 is 17.5 Å². The van der Waals surface area contributed by atoms with Crippen molar-refractivity contribution in [1.82, 2.24) is 4.98 Å². The maximum atomic E-state index is 10.9. The number of nitrogens with two attached hydrogens (primary N) is 1. The first-order valence-electron chi connectivity index (χ1n) is 4.20. The third kappa shape index (κ3) is 2.88. The molecule has 0 saturated carbocycles. The third-order valence-corrected chi connectivity index (χ3v) is 1.85. The highest BCUT2D eigenvalue weighted by atomic mass is 35.5. The summed E-state index contributed by atoms with van der Waals surface area (Å²) in [6.07, 6.45) is 2.86. The summed E-state index contributed by atoms with van der Waals surface area (Å²) in [4.78, 5) is 14.7. The molecule has 0 aliphatic carbocycles. The molecule has 0 aliphatic heterocycles. The van der Waals surface area contributed by atoms with E-state index in [1.807, 2.05) is 6.92 Å². The van der Waals surface area contributed by atoms with Crippen LogP contribution < -0.4 is 10.5 Å². The smallest absolute Gasteiger partial charge is 0.258 e. The molecule has 0 aliphatic rings. The van der Waals surface area contributed by atoms with Gasteiger partial charge in [0.1, 0.15) is 5.75 Å². The number of hydrogen-bond donors (Lipinski definition) is 1. The van der Waals surface area contributed by atoms with Crippen molar-refractivity contribution in [1.29, 1.82) is 0 Å². The molecular formula is C9H11ClN2O2. The Morgan fingerprint density at radius 2 is 2.43 bits per heavy atom. The molecule has 76 valence electrons. The van der Waals surface area contributed by atoms with Gasteiger partial charge < -0.3 is 10.5 Å². The van der Waals surface area contributed by atoms with Crippen LogP contribution in [0.15, 0.2) is 18.5 Å². The van der Waals surface area contributed by atoms with Gasteiger partial charge in [-0.05, 0) is 6.42 Å². The van der Waals surface area contributed by atoms with Gasteiger partial charge in [-0.1, -0.05) is 18.5 Å². The fourth-order valence-corrected chi connectivity index (χ4v) is 1.13. The monoisotopic (exact) mass is 214 g/mol. The molecule has 1 rings (SSSR count). The Balaban J connectivity index is 2.72. The number of primary amides is 1. The Labute approximate surface area is 87.0 Å². The van der Waals surface area contributed by atoms with Gasteiger partial charge in [0.25, 0.3) is 5.91 Å². The third-order valence-electron chi connectivity index (χ3n) is 1.65. The number of aromatic nitrogens is 1. The van der Waals surface area contributed by atoms with Gasteiger partial charge >= 0.3 is 0 Å². The molecule has 0 fully saturated rings. The van der Waals surface area contributed by atoms with Crippen molar-refractivity contribution in [3.05, 3.63) is 23.5 Å². The Hall–Kier alpha value is -1.29. The number of nitrogens with zero attached hydrogens (tertiary/aromatic N) is 1. The normalized spacial score (nSPS) is 12.1. The van der Waals surface area contributed by atoms with Crippen molar-refractivity contribution in [2.24, 2.45) is 5.73 Å². The zero-order valence-electron chi connectivity index (χ0n) is 7.74. The topological polar surface area (TPSA) is 65.2 Å². The lowest BCUT2D eigenvalue weighted by atomic mass is 10.2. The van der Waals surface area contributed by atoms with E-state index in [2.05, 4.69) is 4.98 Å². The van der Waals surface area contributed by atoms with Crippen LogP contribution in [0.2, 0.25) is 5.02 Å². The standard InChI is InChI=1S/C9H11ClN2O2/c1-2-8(9(11)13)14-7-3-6(10)4-12-5-7/h3-5,8H,2H2,1H3,(H2,11,13). The van der Waals surface area contributed by atoms with Crippen LogP contribution >= 0.6 is 11.6 Å². The van der Waals surface area contributed by atoms with Gasteiger partial charge in [0.05, 0.1) is 11.2 Å². The van der Waals surface area contributed by atoms with E-state index in [0.29, 0.717) is 17.2 Å². The van der Waals surface area contributed by atoms with E-state index in [1.165, 1.54) is 12.4 Å². The maximum absolute atomic E-state index is 10.9. The van der Waals surface area contributed by atoms with Gasteiger partial charge in [0.15, 0.2) is 6.10 Å². The summed E-state index contributed by atoms with van der Waals surface area (Å²) in [6.45, 7) is 1.81. The van der Waals surface area contributed by atoms with Crippen LogP contribution in [-0.2, 0) is 4.79 Å². The highest BCUT2D eigenvalue weighted by Crippen LogP contribution is 2.17. The Bertz CT molecular complexity index is 330. The molecule has 0 aromatic carbocycles. The number of rotatable bonds is 4. The van der Waals surface area contributed by atoms with Crippen molar-refractivity contribution in [3.63, 3.8) is 0 Å². The molecule has 4 nitrogen and oxygen atoms in total. The van der Waals surface area contributed by atoms with E-state index in [9.17, 15) is 4.79 Å². The number of hydrogen-bond acceptors (Lipinski definition) is 3. The average Bonchev–Trinajstić information content (AvgIpc) is 2.14. The fraction of sp³-hybridized carbons (Fsp3) is 0.333. The molecule has 0 saturated heterocycles. The van der Waals surface area contributed by atoms with Gasteiger partial charge in [-0.2, -0.15) is 0 Å². The van der Waals surface area contributed by atoms with Crippen LogP contribution in [0.5, 0.6) is 5.75 Å². The number of pyridine rings is 1. The van der Waals surface area contributed by atoms with Gasteiger partial charge in [-0.3, -0.25) is 9.78 Å². The molecule has 1 aromatic heterocycles. The zero-order valence-corrected chi connectivity index (χ0v) is 8.49. The second-order valence-corrected chi connectivity index (χ2v) is 3.19. The first-order valence-corrected chi connectivity index (χ1v) is 4.57. The Morgan fingerprint density at radius 1 is 1.71 bits per heavy atom. The summed E-state index contributed by atoms with van der Waals surface area (Å²) in [7, 11) is 0. The highest BCUT2D eigenvalue weighted by Gasteiger charge is 2.14. The van der Waals surface area contributed by atoms with E-state index in [4.69, 9.17) is 22.1 Å². The molecule has 1 heterocycles. The van der Waals surface area contributed by atoms with Crippen molar-refractivity contribution < 1.29 is 9.53 Å². The van der Waals surface area contributed by atoms with E-state index in [-0.39, 0.29) is 0 Å². The van der Waals surface area contributed by atoms with Crippen LogP contribution in [-0.4, -0.2) is 17.0 Å². The largest absolute Gasteiger partial charge is 0.479 e. The summed E-state index contributed by atoms with van der Waals surface area (Å²) < 4.78 is 5.28. The molecule has 1 amide bonds. The summed E-state index contributed by atoms with van der Waals surface area (Å²) in [6, 6.07) is 1.58. The first-order chi connectivity index (χ1) is 6.63. The number of carbonyl (C=O) groups excluding carboxylic acids is 1. The fourth-order valence-electron chi connectivity index (χ4n) is 0.964. The summed E-state index contributed by atoms with van der Waals surface area (Å²) in [5.41, 5.74) is 5.12. The van der Waals surface area contributed by atoms with Crippen molar-refractivity contribution in [2.75, 3.05) is 0 Å². The maximum Gasteiger partial charge on any atom is 0.258 e. The molecule has 14 heavy (non-hydrogen) atoms.